The first-order chi connectivity index (χ1) is 9.72. The maximum Gasteiger partial charge on any atom is 0.160 e. The lowest BCUT2D eigenvalue weighted by Gasteiger charge is -2.31. The Morgan fingerprint density at radius 3 is 2.75 bits per heavy atom. The molecule has 2 rings (SSSR count). The zero-order valence-electron chi connectivity index (χ0n) is 12.6. The smallest absolute Gasteiger partial charge is 0.160 e. The third-order valence-electron chi connectivity index (χ3n) is 4.16. The second-order valence-corrected chi connectivity index (χ2v) is 5.51. The minimum Gasteiger partial charge on any atom is -0.504 e. The number of rotatable bonds is 6. The Labute approximate surface area is 121 Å². The fourth-order valence-corrected chi connectivity index (χ4v) is 2.76. The summed E-state index contributed by atoms with van der Waals surface area (Å²) in [6.07, 6.45) is 2.58. The van der Waals surface area contributed by atoms with E-state index < -0.39 is 0 Å². The van der Waals surface area contributed by atoms with E-state index >= 15 is 0 Å². The van der Waals surface area contributed by atoms with Crippen LogP contribution in [0.2, 0.25) is 0 Å². The van der Waals surface area contributed by atoms with Crippen molar-refractivity contribution in [2.24, 2.45) is 5.92 Å². The number of phenols is 1. The van der Waals surface area contributed by atoms with Gasteiger partial charge in [-0.25, -0.2) is 0 Å². The highest BCUT2D eigenvalue weighted by molar-refractivity contribution is 5.41. The Hall–Kier alpha value is -1.26. The Morgan fingerprint density at radius 1 is 1.35 bits per heavy atom. The predicted octanol–water partition coefficient (Wildman–Crippen LogP) is 2.22. The molecule has 0 atom stereocenters. The Bertz CT molecular complexity index is 415. The summed E-state index contributed by atoms with van der Waals surface area (Å²) in [7, 11) is 1.58. The predicted molar refractivity (Wildman–Crippen MR) is 81.2 cm³/mol. The van der Waals surface area contributed by atoms with Gasteiger partial charge in [0.25, 0.3) is 0 Å². The summed E-state index contributed by atoms with van der Waals surface area (Å²) < 4.78 is 5.12. The van der Waals surface area contributed by atoms with Crippen LogP contribution in [0, 0.1) is 5.92 Å². The van der Waals surface area contributed by atoms with Gasteiger partial charge in [0.15, 0.2) is 11.5 Å². The molecule has 0 radical (unpaired) electrons. The molecule has 0 aromatic heterocycles. The molecule has 1 aromatic carbocycles. The molecule has 4 nitrogen and oxygen atoms in total. The number of hydrogen-bond acceptors (Lipinski definition) is 4. The highest BCUT2D eigenvalue weighted by Crippen LogP contribution is 2.26. The normalized spacial score (nSPS) is 17.3. The van der Waals surface area contributed by atoms with Gasteiger partial charge in [0.05, 0.1) is 7.11 Å². The first-order valence-electron chi connectivity index (χ1n) is 7.52. The fraction of sp³-hybridized carbons (Fsp3) is 0.625. The monoisotopic (exact) mass is 278 g/mol. The summed E-state index contributed by atoms with van der Waals surface area (Å²) in [6, 6.07) is 5.52. The highest BCUT2D eigenvalue weighted by atomic mass is 16.5. The van der Waals surface area contributed by atoms with Gasteiger partial charge >= 0.3 is 0 Å². The Morgan fingerprint density at radius 2 is 2.10 bits per heavy atom. The minimum absolute atomic E-state index is 0.197. The van der Waals surface area contributed by atoms with Gasteiger partial charge in [-0.2, -0.15) is 0 Å². The topological polar surface area (TPSA) is 44.7 Å². The molecular weight excluding hydrogens is 252 g/mol. The van der Waals surface area contributed by atoms with E-state index in [0.29, 0.717) is 5.75 Å². The largest absolute Gasteiger partial charge is 0.504 e. The van der Waals surface area contributed by atoms with E-state index in [1.165, 1.54) is 32.5 Å². The third kappa shape index (κ3) is 4.12. The molecule has 112 valence electrons. The number of benzene rings is 1. The van der Waals surface area contributed by atoms with E-state index in [1.54, 1.807) is 13.2 Å². The number of phenolic OH excluding ortho intramolecular Hbond substituents is 1. The number of nitrogens with zero attached hydrogens (tertiary/aromatic N) is 1. The quantitative estimate of drug-likeness (QED) is 0.837. The molecule has 1 aliphatic heterocycles. The summed E-state index contributed by atoms with van der Waals surface area (Å²) >= 11 is 0. The summed E-state index contributed by atoms with van der Waals surface area (Å²) in [5, 5.41) is 13.1. The van der Waals surface area contributed by atoms with Crippen LogP contribution < -0.4 is 10.1 Å². The molecule has 20 heavy (non-hydrogen) atoms. The van der Waals surface area contributed by atoms with Crippen molar-refractivity contribution in [1.82, 2.24) is 10.2 Å². The average molecular weight is 278 g/mol. The molecule has 1 aliphatic rings. The highest BCUT2D eigenvalue weighted by Gasteiger charge is 2.17. The lowest BCUT2D eigenvalue weighted by Crippen LogP contribution is -2.36. The van der Waals surface area contributed by atoms with Crippen LogP contribution in [0.5, 0.6) is 11.5 Å². The summed E-state index contributed by atoms with van der Waals surface area (Å²) in [6.45, 7) is 7.77. The van der Waals surface area contributed by atoms with Crippen molar-refractivity contribution < 1.29 is 9.84 Å². The van der Waals surface area contributed by atoms with E-state index in [1.807, 2.05) is 12.1 Å². The standard InChI is InChI=1S/C16H26N2O2/c1-3-18-8-6-13(7-9-18)11-17-12-14-4-5-15(19)16(10-14)20-2/h4-5,10,13,17,19H,3,6-9,11-12H2,1-2H3. The van der Waals surface area contributed by atoms with Crippen LogP contribution in [0.1, 0.15) is 25.3 Å². The molecule has 0 spiro atoms. The number of nitrogens with one attached hydrogen (secondary N) is 1. The van der Waals surface area contributed by atoms with Crippen molar-refractivity contribution in [2.45, 2.75) is 26.3 Å². The van der Waals surface area contributed by atoms with Gasteiger partial charge < -0.3 is 20.1 Å². The zero-order chi connectivity index (χ0) is 14.4. The lowest BCUT2D eigenvalue weighted by molar-refractivity contribution is 0.190. The van der Waals surface area contributed by atoms with Gasteiger partial charge in [-0.15, -0.1) is 0 Å². The van der Waals surface area contributed by atoms with Crippen LogP contribution in [0.15, 0.2) is 18.2 Å². The Kier molecular flexibility index (Phi) is 5.68. The Balaban J connectivity index is 1.73. The average Bonchev–Trinajstić information content (AvgIpc) is 2.49. The second kappa shape index (κ2) is 7.50. The van der Waals surface area contributed by atoms with Gasteiger partial charge in [-0.05, 0) is 62.6 Å². The second-order valence-electron chi connectivity index (χ2n) is 5.51. The van der Waals surface area contributed by atoms with E-state index in [4.69, 9.17) is 4.74 Å². The van der Waals surface area contributed by atoms with Gasteiger partial charge in [-0.3, -0.25) is 0 Å². The molecule has 1 saturated heterocycles. The fourth-order valence-electron chi connectivity index (χ4n) is 2.76. The molecule has 0 bridgehead atoms. The maximum atomic E-state index is 9.56. The number of aromatic hydroxyl groups is 1. The first kappa shape index (κ1) is 15.1. The van der Waals surface area contributed by atoms with Crippen LogP contribution in [-0.4, -0.2) is 43.3 Å². The van der Waals surface area contributed by atoms with Crippen LogP contribution in [0.25, 0.3) is 0 Å². The summed E-state index contributed by atoms with van der Waals surface area (Å²) in [5.41, 5.74) is 1.14. The molecular formula is C16H26N2O2. The van der Waals surface area contributed by atoms with Crippen molar-refractivity contribution in [2.75, 3.05) is 33.3 Å². The van der Waals surface area contributed by atoms with Crippen LogP contribution in [-0.2, 0) is 6.54 Å². The number of piperidine rings is 1. The molecule has 1 heterocycles. The molecule has 1 aromatic rings. The van der Waals surface area contributed by atoms with Gasteiger partial charge in [0.1, 0.15) is 0 Å². The van der Waals surface area contributed by atoms with Crippen LogP contribution in [0.4, 0.5) is 0 Å². The molecule has 0 amide bonds. The lowest BCUT2D eigenvalue weighted by atomic mass is 9.97. The van der Waals surface area contributed by atoms with Crippen molar-refractivity contribution in [3.8, 4) is 11.5 Å². The van der Waals surface area contributed by atoms with E-state index in [9.17, 15) is 5.11 Å². The van der Waals surface area contributed by atoms with Crippen LogP contribution >= 0.6 is 0 Å². The van der Waals surface area contributed by atoms with Gasteiger partial charge in [-0.1, -0.05) is 13.0 Å². The van der Waals surface area contributed by atoms with Gasteiger partial charge in [0.2, 0.25) is 0 Å². The van der Waals surface area contributed by atoms with E-state index in [0.717, 1.165) is 24.6 Å². The molecule has 2 N–H and O–H groups in total. The summed E-state index contributed by atoms with van der Waals surface area (Å²) in [4.78, 5) is 2.52. The number of likely N-dealkylation sites (tertiary alicyclic amines) is 1. The van der Waals surface area contributed by atoms with Gasteiger partial charge in [0, 0.05) is 6.54 Å². The minimum atomic E-state index is 0.197. The molecule has 0 saturated carbocycles. The molecule has 0 unspecified atom stereocenters. The van der Waals surface area contributed by atoms with Crippen molar-refractivity contribution >= 4 is 0 Å². The zero-order valence-corrected chi connectivity index (χ0v) is 12.6. The van der Waals surface area contributed by atoms with E-state index in [-0.39, 0.29) is 5.75 Å². The maximum absolute atomic E-state index is 9.56. The van der Waals surface area contributed by atoms with Crippen molar-refractivity contribution in [3.05, 3.63) is 23.8 Å². The van der Waals surface area contributed by atoms with Crippen molar-refractivity contribution in [3.63, 3.8) is 0 Å². The number of methoxy groups -OCH3 is 1. The first-order valence-corrected chi connectivity index (χ1v) is 7.52. The third-order valence-corrected chi connectivity index (χ3v) is 4.16. The van der Waals surface area contributed by atoms with Crippen LogP contribution in [0.3, 0.4) is 0 Å². The molecule has 4 heteroatoms. The molecule has 0 aliphatic carbocycles. The number of hydrogen-bond donors (Lipinski definition) is 2. The number of ether oxygens (including phenoxy) is 1. The SMILES string of the molecule is CCN1CCC(CNCc2ccc(O)c(OC)c2)CC1. The van der Waals surface area contributed by atoms with E-state index in [2.05, 4.69) is 17.1 Å². The summed E-state index contributed by atoms with van der Waals surface area (Å²) in [5.74, 6) is 1.53. The van der Waals surface area contributed by atoms with Crippen molar-refractivity contribution in [1.29, 1.82) is 0 Å². The molecule has 1 fully saturated rings.